The molecule has 1 aromatic carbocycles. The van der Waals surface area contributed by atoms with Crippen LogP contribution in [0.4, 0.5) is 0 Å². The number of nitrogens with zero attached hydrogens (tertiary/aromatic N) is 1. The lowest BCUT2D eigenvalue weighted by atomic mass is 10.0. The van der Waals surface area contributed by atoms with Crippen LogP contribution in [0.2, 0.25) is 0 Å². The molecule has 0 N–H and O–H groups in total. The van der Waals surface area contributed by atoms with Crippen LogP contribution in [0.15, 0.2) is 46.7 Å². The first kappa shape index (κ1) is 20.2. The van der Waals surface area contributed by atoms with Gasteiger partial charge in [0.2, 0.25) is 0 Å². The zero-order chi connectivity index (χ0) is 18.7. The molecule has 0 aromatic heterocycles. The number of Topliss-reactive ketones (excluding diaryl/α,β-unsaturated/α-hetero) is 1. The van der Waals surface area contributed by atoms with E-state index in [1.807, 2.05) is 6.07 Å². The molecule has 7 heteroatoms. The van der Waals surface area contributed by atoms with Gasteiger partial charge in [-0.2, -0.15) is 4.91 Å². The summed E-state index contributed by atoms with van der Waals surface area (Å²) in [5, 5.41) is 2.72. The minimum absolute atomic E-state index is 0.00309. The van der Waals surface area contributed by atoms with Crippen LogP contribution in [0.5, 0.6) is 0 Å². The summed E-state index contributed by atoms with van der Waals surface area (Å²) >= 11 is 0. The molecule has 0 amide bonds. The third-order valence-electron chi connectivity index (χ3n) is 3.27. The first-order chi connectivity index (χ1) is 12.0. The zero-order valence-corrected chi connectivity index (χ0v) is 14.3. The predicted octanol–water partition coefficient (Wildman–Crippen LogP) is 2.73. The van der Waals surface area contributed by atoms with E-state index in [0.717, 1.165) is 5.56 Å². The van der Waals surface area contributed by atoms with E-state index in [2.05, 4.69) is 5.18 Å². The molecule has 1 aromatic rings. The minimum Gasteiger partial charge on any atom is -0.462 e. The number of benzene rings is 1. The van der Waals surface area contributed by atoms with E-state index in [-0.39, 0.29) is 43.7 Å². The summed E-state index contributed by atoms with van der Waals surface area (Å²) in [6, 6.07) is 9.00. The summed E-state index contributed by atoms with van der Waals surface area (Å²) in [5.41, 5.74) is 0.335. The average molecular weight is 347 g/mol. The summed E-state index contributed by atoms with van der Waals surface area (Å²) in [6.07, 6.45) is 0.239. The highest BCUT2D eigenvalue weighted by molar-refractivity contribution is 6.20. The molecule has 1 rings (SSSR count). The van der Waals surface area contributed by atoms with Crippen molar-refractivity contribution >= 4 is 17.7 Å². The molecule has 0 aliphatic rings. The van der Waals surface area contributed by atoms with Gasteiger partial charge in [0.1, 0.15) is 12.2 Å². The highest BCUT2D eigenvalue weighted by atomic mass is 16.5. The number of ketones is 1. The Bertz CT molecular complexity index is 651. The third-order valence-corrected chi connectivity index (χ3v) is 3.27. The number of carbonyl (C=O) groups is 3. The highest BCUT2D eigenvalue weighted by Crippen LogP contribution is 2.17. The Balaban J connectivity index is 3.04. The Morgan fingerprint density at radius 3 is 2.28 bits per heavy atom. The van der Waals surface area contributed by atoms with Gasteiger partial charge in [0, 0.05) is 0 Å². The molecular weight excluding hydrogens is 326 g/mol. The van der Waals surface area contributed by atoms with Crippen molar-refractivity contribution in [3.63, 3.8) is 0 Å². The minimum atomic E-state index is -0.874. The molecule has 0 fully saturated rings. The van der Waals surface area contributed by atoms with Gasteiger partial charge in [0.05, 0.1) is 18.7 Å². The lowest BCUT2D eigenvalue weighted by molar-refractivity contribution is -0.144. The van der Waals surface area contributed by atoms with E-state index >= 15 is 0 Å². The number of hydrogen-bond acceptors (Lipinski definition) is 7. The van der Waals surface area contributed by atoms with Crippen LogP contribution >= 0.6 is 0 Å². The second kappa shape index (κ2) is 10.9. The Morgan fingerprint density at radius 1 is 1.04 bits per heavy atom. The summed E-state index contributed by atoms with van der Waals surface area (Å²) in [5.74, 6) is -2.25. The van der Waals surface area contributed by atoms with Gasteiger partial charge in [-0.05, 0) is 32.3 Å². The van der Waals surface area contributed by atoms with Gasteiger partial charge in [-0.25, -0.2) is 9.59 Å². The van der Waals surface area contributed by atoms with Gasteiger partial charge in [0.15, 0.2) is 5.78 Å². The molecule has 0 radical (unpaired) electrons. The number of nitroso groups, excluding NO2 is 1. The monoisotopic (exact) mass is 347 g/mol. The van der Waals surface area contributed by atoms with Crippen molar-refractivity contribution in [1.82, 2.24) is 0 Å². The molecule has 0 unspecified atom stereocenters. The topological polar surface area (TPSA) is 99.1 Å². The molecule has 0 aliphatic heterocycles. The van der Waals surface area contributed by atoms with Crippen molar-refractivity contribution in [2.75, 3.05) is 13.2 Å². The van der Waals surface area contributed by atoms with E-state index < -0.39 is 17.7 Å². The lowest BCUT2D eigenvalue weighted by Gasteiger charge is -2.12. The van der Waals surface area contributed by atoms with Gasteiger partial charge in [-0.3, -0.25) is 4.79 Å². The lowest BCUT2D eigenvalue weighted by Crippen LogP contribution is -2.21. The molecule has 0 aliphatic carbocycles. The number of hydrogen-bond donors (Lipinski definition) is 0. The quantitative estimate of drug-likeness (QED) is 0.161. The van der Waals surface area contributed by atoms with Crippen molar-refractivity contribution in [2.24, 2.45) is 5.18 Å². The van der Waals surface area contributed by atoms with Crippen LogP contribution < -0.4 is 0 Å². The van der Waals surface area contributed by atoms with Crippen molar-refractivity contribution in [3.05, 3.63) is 51.9 Å². The smallest absolute Gasteiger partial charge is 0.342 e. The summed E-state index contributed by atoms with van der Waals surface area (Å²) < 4.78 is 10.1. The molecule has 0 spiro atoms. The first-order valence-electron chi connectivity index (χ1n) is 7.92. The van der Waals surface area contributed by atoms with Crippen LogP contribution in [0.1, 0.15) is 32.3 Å². The Kier molecular flexibility index (Phi) is 8.78. The molecule has 0 atom stereocenters. The summed E-state index contributed by atoms with van der Waals surface area (Å²) in [4.78, 5) is 46.6. The third kappa shape index (κ3) is 6.66. The normalized spacial score (nSPS) is 11.3. The fraction of sp³-hybridized carbons (Fsp3) is 0.389. The van der Waals surface area contributed by atoms with E-state index in [1.165, 1.54) is 6.92 Å². The molecule has 25 heavy (non-hydrogen) atoms. The van der Waals surface area contributed by atoms with Crippen LogP contribution in [0, 0.1) is 4.91 Å². The Morgan fingerprint density at radius 2 is 1.72 bits per heavy atom. The second-order valence-electron chi connectivity index (χ2n) is 5.15. The van der Waals surface area contributed by atoms with Crippen LogP contribution in [-0.4, -0.2) is 30.9 Å². The molecule has 0 saturated carbocycles. The van der Waals surface area contributed by atoms with E-state index in [9.17, 15) is 19.3 Å². The second-order valence-corrected chi connectivity index (χ2v) is 5.15. The van der Waals surface area contributed by atoms with Gasteiger partial charge >= 0.3 is 11.9 Å². The fourth-order valence-corrected chi connectivity index (χ4v) is 2.14. The molecular formula is C18H21NO6. The zero-order valence-electron chi connectivity index (χ0n) is 14.3. The van der Waals surface area contributed by atoms with E-state index in [0.29, 0.717) is 0 Å². The molecule has 7 nitrogen and oxygen atoms in total. The van der Waals surface area contributed by atoms with Gasteiger partial charge in [-0.1, -0.05) is 35.5 Å². The number of ether oxygens (including phenoxy) is 2. The van der Waals surface area contributed by atoms with Crippen molar-refractivity contribution in [2.45, 2.75) is 33.3 Å². The largest absolute Gasteiger partial charge is 0.462 e. The van der Waals surface area contributed by atoms with Crippen molar-refractivity contribution < 1.29 is 23.9 Å². The maximum absolute atomic E-state index is 12.4. The standard InChI is InChI=1S/C18H21NO6/c1-3-24-18(22)16(13(2)20)15(10-7-11-19-23)17(21)25-12-14-8-5-4-6-9-14/h4-6,8-9H,3,7,10-12H2,1-2H3/b16-15-. The van der Waals surface area contributed by atoms with Crippen LogP contribution in [-0.2, 0) is 30.5 Å². The number of rotatable bonds is 10. The summed E-state index contributed by atoms with van der Waals surface area (Å²) in [7, 11) is 0. The highest BCUT2D eigenvalue weighted by Gasteiger charge is 2.26. The average Bonchev–Trinajstić information content (AvgIpc) is 2.59. The molecule has 0 bridgehead atoms. The molecule has 0 saturated heterocycles. The Hall–Kier alpha value is -2.83. The predicted molar refractivity (Wildman–Crippen MR) is 90.5 cm³/mol. The van der Waals surface area contributed by atoms with Crippen LogP contribution in [0.3, 0.4) is 0 Å². The van der Waals surface area contributed by atoms with Gasteiger partial charge < -0.3 is 9.47 Å². The van der Waals surface area contributed by atoms with Crippen LogP contribution in [0.25, 0.3) is 0 Å². The van der Waals surface area contributed by atoms with Gasteiger partial charge in [0.25, 0.3) is 0 Å². The Labute approximate surface area is 146 Å². The molecule has 134 valence electrons. The van der Waals surface area contributed by atoms with Crippen molar-refractivity contribution in [3.8, 4) is 0 Å². The van der Waals surface area contributed by atoms with Gasteiger partial charge in [-0.15, -0.1) is 0 Å². The fourth-order valence-electron chi connectivity index (χ4n) is 2.14. The molecule has 0 heterocycles. The maximum Gasteiger partial charge on any atom is 0.342 e. The van der Waals surface area contributed by atoms with E-state index in [1.54, 1.807) is 31.2 Å². The maximum atomic E-state index is 12.4. The van der Waals surface area contributed by atoms with Crippen molar-refractivity contribution in [1.29, 1.82) is 0 Å². The number of esters is 2. The summed E-state index contributed by atoms with van der Waals surface area (Å²) in [6.45, 7) is 2.80. The van der Waals surface area contributed by atoms with E-state index in [4.69, 9.17) is 9.47 Å². The number of carbonyl (C=O) groups excluding carboxylic acids is 3. The first-order valence-corrected chi connectivity index (χ1v) is 7.92. The SMILES string of the molecule is CCOC(=O)/C(C(C)=O)=C(/CCCN=O)C(=O)OCc1ccccc1.